The normalized spacial score (nSPS) is 16.6. The first-order valence-electron chi connectivity index (χ1n) is 9.15. The average molecular weight is 385 g/mol. The maximum atomic E-state index is 12.7. The lowest BCUT2D eigenvalue weighted by Gasteiger charge is -2.31. The quantitative estimate of drug-likeness (QED) is 0.845. The van der Waals surface area contributed by atoms with E-state index < -0.39 is 17.8 Å². The highest BCUT2D eigenvalue weighted by atomic mass is 16.4. The van der Waals surface area contributed by atoms with Crippen LogP contribution in [0, 0.1) is 12.8 Å². The Bertz CT molecular complexity index is 877. The largest absolute Gasteiger partial charge is 0.481 e. The van der Waals surface area contributed by atoms with Crippen molar-refractivity contribution < 1.29 is 23.9 Å². The highest BCUT2D eigenvalue weighted by molar-refractivity contribution is 5.95. The Kier molecular flexibility index (Phi) is 5.77. The third-order valence-electron chi connectivity index (χ3n) is 4.85. The lowest BCUT2D eigenvalue weighted by molar-refractivity contribution is -0.145. The first-order valence-corrected chi connectivity index (χ1v) is 9.15. The number of amides is 2. The maximum absolute atomic E-state index is 12.7. The van der Waals surface area contributed by atoms with Crippen LogP contribution in [0.1, 0.15) is 29.1 Å². The Labute approximate surface area is 162 Å². The number of carboxylic acids is 1. The molecule has 1 saturated heterocycles. The molecular weight excluding hydrogens is 362 g/mol. The van der Waals surface area contributed by atoms with E-state index in [1.807, 2.05) is 30.3 Å². The highest BCUT2D eigenvalue weighted by Crippen LogP contribution is 2.22. The summed E-state index contributed by atoms with van der Waals surface area (Å²) in [5, 5.41) is 9.16. The standard InChI is InChI=1S/C20H23N3O5/c1-13-17(28-18(21-13)14-7-4-3-5-8-14)19(25)22(2)12-16(24)23-10-6-9-15(11-23)20(26)27/h3-5,7-8,15H,6,9-12H2,1-2H3,(H,26,27). The predicted molar refractivity (Wildman–Crippen MR) is 101 cm³/mol. The summed E-state index contributed by atoms with van der Waals surface area (Å²) in [6, 6.07) is 9.25. The number of aliphatic carboxylic acids is 1. The molecule has 1 aromatic heterocycles. The minimum Gasteiger partial charge on any atom is -0.481 e. The van der Waals surface area contributed by atoms with Gasteiger partial charge in [-0.05, 0) is 31.9 Å². The fourth-order valence-corrected chi connectivity index (χ4v) is 3.25. The molecule has 0 bridgehead atoms. The van der Waals surface area contributed by atoms with E-state index in [9.17, 15) is 14.4 Å². The summed E-state index contributed by atoms with van der Waals surface area (Å²) in [6.07, 6.45) is 1.20. The number of aromatic nitrogens is 1. The SMILES string of the molecule is Cc1nc(-c2ccccc2)oc1C(=O)N(C)CC(=O)N1CCCC(C(=O)O)C1. The van der Waals surface area contributed by atoms with Gasteiger partial charge >= 0.3 is 5.97 Å². The lowest BCUT2D eigenvalue weighted by Crippen LogP contribution is -2.46. The molecule has 1 unspecified atom stereocenters. The number of carbonyl (C=O) groups is 3. The molecule has 2 amide bonds. The monoisotopic (exact) mass is 385 g/mol. The van der Waals surface area contributed by atoms with Crippen LogP contribution in [0.3, 0.4) is 0 Å². The number of rotatable bonds is 5. The zero-order valence-electron chi connectivity index (χ0n) is 15.9. The van der Waals surface area contributed by atoms with Gasteiger partial charge in [-0.3, -0.25) is 14.4 Å². The molecule has 148 valence electrons. The van der Waals surface area contributed by atoms with Crippen molar-refractivity contribution in [2.75, 3.05) is 26.7 Å². The van der Waals surface area contributed by atoms with Gasteiger partial charge < -0.3 is 19.3 Å². The number of nitrogens with zero attached hydrogens (tertiary/aromatic N) is 3. The van der Waals surface area contributed by atoms with E-state index >= 15 is 0 Å². The van der Waals surface area contributed by atoms with E-state index in [0.717, 1.165) is 5.56 Å². The van der Waals surface area contributed by atoms with Gasteiger partial charge in [0.1, 0.15) is 0 Å². The molecule has 1 aromatic carbocycles. The molecule has 2 aromatic rings. The van der Waals surface area contributed by atoms with Crippen LogP contribution in [0.4, 0.5) is 0 Å². The molecule has 1 aliphatic rings. The van der Waals surface area contributed by atoms with Crippen molar-refractivity contribution in [3.05, 3.63) is 41.8 Å². The molecule has 0 radical (unpaired) electrons. The molecule has 0 spiro atoms. The molecular formula is C20H23N3O5. The first kappa shape index (κ1) is 19.6. The topological polar surface area (TPSA) is 104 Å². The summed E-state index contributed by atoms with van der Waals surface area (Å²) in [4.78, 5) is 43.5. The number of oxazole rings is 1. The van der Waals surface area contributed by atoms with Gasteiger partial charge in [0.25, 0.3) is 5.91 Å². The number of piperidine rings is 1. The molecule has 0 saturated carbocycles. The van der Waals surface area contributed by atoms with Crippen molar-refractivity contribution in [3.63, 3.8) is 0 Å². The van der Waals surface area contributed by atoms with Gasteiger partial charge in [-0.25, -0.2) is 4.98 Å². The van der Waals surface area contributed by atoms with E-state index in [1.165, 1.54) is 16.8 Å². The molecule has 28 heavy (non-hydrogen) atoms. The van der Waals surface area contributed by atoms with Gasteiger partial charge in [0.05, 0.1) is 18.2 Å². The molecule has 3 rings (SSSR count). The summed E-state index contributed by atoms with van der Waals surface area (Å²) in [7, 11) is 1.52. The fourth-order valence-electron chi connectivity index (χ4n) is 3.25. The van der Waals surface area contributed by atoms with Crippen LogP contribution >= 0.6 is 0 Å². The number of hydrogen-bond donors (Lipinski definition) is 1. The minimum absolute atomic E-state index is 0.0937. The van der Waals surface area contributed by atoms with Crippen molar-refractivity contribution in [1.29, 1.82) is 0 Å². The number of likely N-dealkylation sites (tertiary alicyclic amines) is 1. The number of aryl methyl sites for hydroxylation is 1. The zero-order chi connectivity index (χ0) is 20.3. The second-order valence-corrected chi connectivity index (χ2v) is 6.98. The summed E-state index contributed by atoms with van der Waals surface area (Å²) in [6.45, 7) is 2.22. The molecule has 2 heterocycles. The molecule has 1 N–H and O–H groups in total. The Morgan fingerprint density at radius 2 is 2.00 bits per heavy atom. The van der Waals surface area contributed by atoms with E-state index in [0.29, 0.717) is 31.0 Å². The van der Waals surface area contributed by atoms with Crippen LogP contribution < -0.4 is 0 Å². The molecule has 8 nitrogen and oxygen atoms in total. The first-order chi connectivity index (χ1) is 13.4. The minimum atomic E-state index is -0.896. The third kappa shape index (κ3) is 4.21. The number of carbonyl (C=O) groups excluding carboxylic acids is 2. The van der Waals surface area contributed by atoms with Gasteiger partial charge in [-0.15, -0.1) is 0 Å². The van der Waals surface area contributed by atoms with Crippen LogP contribution in [-0.2, 0) is 9.59 Å². The Morgan fingerprint density at radius 3 is 2.68 bits per heavy atom. The van der Waals surface area contributed by atoms with Crippen molar-refractivity contribution >= 4 is 17.8 Å². The molecule has 0 aliphatic carbocycles. The molecule has 1 fully saturated rings. The van der Waals surface area contributed by atoms with Crippen LogP contribution in [0.25, 0.3) is 11.5 Å². The number of carboxylic acid groups (broad SMARTS) is 1. The molecule has 1 aliphatic heterocycles. The van der Waals surface area contributed by atoms with Crippen LogP contribution in [0.15, 0.2) is 34.7 Å². The average Bonchev–Trinajstić information content (AvgIpc) is 3.09. The summed E-state index contributed by atoms with van der Waals surface area (Å²) < 4.78 is 5.65. The summed E-state index contributed by atoms with van der Waals surface area (Å²) in [5.74, 6) is -1.72. The Morgan fingerprint density at radius 1 is 1.29 bits per heavy atom. The van der Waals surface area contributed by atoms with E-state index in [-0.39, 0.29) is 24.8 Å². The van der Waals surface area contributed by atoms with Crippen molar-refractivity contribution in [3.8, 4) is 11.5 Å². The lowest BCUT2D eigenvalue weighted by atomic mass is 9.98. The third-order valence-corrected chi connectivity index (χ3v) is 4.85. The summed E-state index contributed by atoms with van der Waals surface area (Å²) >= 11 is 0. The van der Waals surface area contributed by atoms with Crippen LogP contribution in [-0.4, -0.2) is 64.4 Å². The number of hydrogen-bond acceptors (Lipinski definition) is 5. The highest BCUT2D eigenvalue weighted by Gasteiger charge is 2.30. The van der Waals surface area contributed by atoms with E-state index in [1.54, 1.807) is 6.92 Å². The van der Waals surface area contributed by atoms with Gasteiger partial charge in [-0.1, -0.05) is 18.2 Å². The smallest absolute Gasteiger partial charge is 0.308 e. The summed E-state index contributed by atoms with van der Waals surface area (Å²) in [5.41, 5.74) is 1.21. The fraction of sp³-hybridized carbons (Fsp3) is 0.400. The molecule has 8 heteroatoms. The van der Waals surface area contributed by atoms with Gasteiger partial charge in [0, 0.05) is 25.7 Å². The van der Waals surface area contributed by atoms with Crippen molar-refractivity contribution in [1.82, 2.24) is 14.8 Å². The second kappa shape index (κ2) is 8.24. The second-order valence-electron chi connectivity index (χ2n) is 6.98. The molecule has 1 atom stereocenters. The van der Waals surface area contributed by atoms with Gasteiger partial charge in [0.15, 0.2) is 0 Å². The van der Waals surface area contributed by atoms with Crippen molar-refractivity contribution in [2.45, 2.75) is 19.8 Å². The zero-order valence-corrected chi connectivity index (χ0v) is 15.9. The number of benzene rings is 1. The van der Waals surface area contributed by atoms with Gasteiger partial charge in [-0.2, -0.15) is 0 Å². The Balaban J connectivity index is 1.67. The van der Waals surface area contributed by atoms with Crippen LogP contribution in [0.5, 0.6) is 0 Å². The van der Waals surface area contributed by atoms with E-state index in [4.69, 9.17) is 9.52 Å². The van der Waals surface area contributed by atoms with Crippen molar-refractivity contribution in [2.24, 2.45) is 5.92 Å². The van der Waals surface area contributed by atoms with Crippen LogP contribution in [0.2, 0.25) is 0 Å². The number of likely N-dealkylation sites (N-methyl/N-ethyl adjacent to an activating group) is 1. The van der Waals surface area contributed by atoms with Gasteiger partial charge in [0.2, 0.25) is 17.6 Å². The van der Waals surface area contributed by atoms with E-state index in [2.05, 4.69) is 4.98 Å². The predicted octanol–water partition coefficient (Wildman–Crippen LogP) is 2.05. The Hall–Kier alpha value is -3.16. The maximum Gasteiger partial charge on any atom is 0.308 e.